The molecule has 1 saturated carbocycles. The molecule has 4 fully saturated rings. The predicted molar refractivity (Wildman–Crippen MR) is 100 cm³/mol. The van der Waals surface area contributed by atoms with E-state index in [1.807, 2.05) is 30.3 Å². The van der Waals surface area contributed by atoms with E-state index in [1.54, 1.807) is 6.26 Å². The minimum atomic E-state index is -0.654. The smallest absolute Gasteiger partial charge is 0.311 e. The molecule has 140 valence electrons. The number of fused-ring (bicyclic) bond motifs is 2. The number of furan rings is 1. The lowest BCUT2D eigenvalue weighted by Gasteiger charge is -2.49. The second-order valence-electron chi connectivity index (χ2n) is 7.40. The van der Waals surface area contributed by atoms with Crippen molar-refractivity contribution in [3.05, 3.63) is 60.1 Å². The van der Waals surface area contributed by atoms with Gasteiger partial charge in [0.05, 0.1) is 36.9 Å². The first-order valence-electron chi connectivity index (χ1n) is 9.15. The van der Waals surface area contributed by atoms with Gasteiger partial charge < -0.3 is 24.1 Å². The van der Waals surface area contributed by atoms with E-state index in [0.717, 1.165) is 11.3 Å². The Morgan fingerprint density at radius 1 is 1.07 bits per heavy atom. The van der Waals surface area contributed by atoms with Gasteiger partial charge in [-0.05, 0) is 36.3 Å². The van der Waals surface area contributed by atoms with Crippen molar-refractivity contribution in [1.82, 2.24) is 9.80 Å². The largest absolute Gasteiger partial charge is 0.467 e. The van der Waals surface area contributed by atoms with Crippen LogP contribution in [0.2, 0.25) is 0 Å². The van der Waals surface area contributed by atoms with Crippen molar-refractivity contribution < 1.29 is 19.1 Å². The zero-order chi connectivity index (χ0) is 18.5. The first-order valence-corrected chi connectivity index (χ1v) is 9.56. The number of thiocarbonyl (C=S) groups is 1. The molecule has 4 aliphatic rings. The average molecular weight is 384 g/mol. The second-order valence-corrected chi connectivity index (χ2v) is 7.76. The third kappa shape index (κ3) is 2.64. The Labute approximate surface area is 162 Å². The Morgan fingerprint density at radius 3 is 2.59 bits per heavy atom. The van der Waals surface area contributed by atoms with Crippen molar-refractivity contribution >= 4 is 23.3 Å². The summed E-state index contributed by atoms with van der Waals surface area (Å²) in [5.74, 6) is 0.178. The molecule has 5 unspecified atom stereocenters. The number of aliphatic hydroxyl groups excluding tert-OH is 1. The van der Waals surface area contributed by atoms with Crippen molar-refractivity contribution in [1.29, 1.82) is 0 Å². The van der Waals surface area contributed by atoms with Crippen molar-refractivity contribution in [2.45, 2.75) is 43.8 Å². The minimum absolute atomic E-state index is 0.110. The summed E-state index contributed by atoms with van der Waals surface area (Å²) in [6.07, 6.45) is 0.842. The second kappa shape index (κ2) is 6.35. The lowest BCUT2D eigenvalue weighted by atomic mass is 9.74. The molecule has 7 heteroatoms. The number of ether oxygens (including phenoxy) is 1. The van der Waals surface area contributed by atoms with Gasteiger partial charge in [0.2, 0.25) is 0 Å². The van der Waals surface area contributed by atoms with Crippen LogP contribution in [0.25, 0.3) is 0 Å². The number of benzene rings is 1. The molecular formula is C20H20N2O4S. The van der Waals surface area contributed by atoms with Crippen LogP contribution in [0.1, 0.15) is 17.7 Å². The summed E-state index contributed by atoms with van der Waals surface area (Å²) < 4.78 is 11.1. The zero-order valence-electron chi connectivity index (χ0n) is 14.6. The van der Waals surface area contributed by atoms with Crippen molar-refractivity contribution in [2.24, 2.45) is 5.92 Å². The Morgan fingerprint density at radius 2 is 1.85 bits per heavy atom. The maximum atomic E-state index is 12.4. The first kappa shape index (κ1) is 16.8. The summed E-state index contributed by atoms with van der Waals surface area (Å²) >= 11 is 5.82. The molecule has 27 heavy (non-hydrogen) atoms. The van der Waals surface area contributed by atoms with E-state index in [-0.39, 0.29) is 24.0 Å². The normalized spacial score (nSPS) is 32.0. The van der Waals surface area contributed by atoms with Crippen LogP contribution in [0, 0.1) is 5.92 Å². The van der Waals surface area contributed by atoms with Gasteiger partial charge in [0.1, 0.15) is 11.9 Å². The van der Waals surface area contributed by atoms with Crippen LogP contribution in [0.5, 0.6) is 0 Å². The van der Waals surface area contributed by atoms with Gasteiger partial charge in [0.25, 0.3) is 0 Å². The number of carbonyl (C=O) groups is 1. The van der Waals surface area contributed by atoms with E-state index in [1.165, 1.54) is 0 Å². The van der Waals surface area contributed by atoms with Crippen molar-refractivity contribution in [2.75, 3.05) is 0 Å². The van der Waals surface area contributed by atoms with Crippen LogP contribution in [-0.4, -0.2) is 50.3 Å². The van der Waals surface area contributed by atoms with E-state index < -0.39 is 12.2 Å². The molecule has 2 aromatic rings. The minimum Gasteiger partial charge on any atom is -0.467 e. The Balaban J connectivity index is 1.52. The molecule has 0 amide bonds. The topological polar surface area (TPSA) is 66.2 Å². The summed E-state index contributed by atoms with van der Waals surface area (Å²) in [4.78, 5) is 16.6. The van der Waals surface area contributed by atoms with Crippen LogP contribution in [0.3, 0.4) is 0 Å². The maximum Gasteiger partial charge on any atom is 0.311 e. The van der Waals surface area contributed by atoms with Gasteiger partial charge in [-0.3, -0.25) is 4.79 Å². The number of carbonyl (C=O) groups excluding carboxylic acids is 1. The zero-order valence-corrected chi connectivity index (χ0v) is 15.4. The summed E-state index contributed by atoms with van der Waals surface area (Å²) in [6.45, 7) is 1.12. The molecule has 1 aliphatic carbocycles. The molecule has 4 heterocycles. The van der Waals surface area contributed by atoms with Crippen LogP contribution in [0.15, 0.2) is 53.1 Å². The van der Waals surface area contributed by atoms with Gasteiger partial charge in [-0.15, -0.1) is 0 Å². The van der Waals surface area contributed by atoms with E-state index in [0.29, 0.717) is 24.6 Å². The van der Waals surface area contributed by atoms with Crippen LogP contribution in [-0.2, 0) is 22.6 Å². The predicted octanol–water partition coefficient (Wildman–Crippen LogP) is 1.93. The Hall–Kier alpha value is -2.38. The number of hydrogen-bond donors (Lipinski definition) is 1. The lowest BCUT2D eigenvalue weighted by molar-refractivity contribution is -0.199. The Kier molecular flexibility index (Phi) is 3.94. The number of aliphatic hydroxyl groups is 1. The fourth-order valence-corrected chi connectivity index (χ4v) is 5.05. The van der Waals surface area contributed by atoms with E-state index >= 15 is 0 Å². The van der Waals surface area contributed by atoms with Gasteiger partial charge in [-0.25, -0.2) is 0 Å². The highest BCUT2D eigenvalue weighted by Gasteiger charge is 2.62. The molecule has 5 atom stereocenters. The van der Waals surface area contributed by atoms with Gasteiger partial charge in [-0.1, -0.05) is 30.3 Å². The van der Waals surface area contributed by atoms with Gasteiger partial charge in [-0.2, -0.15) is 0 Å². The SMILES string of the molecule is O=C1OC2C(O)CC1C1C2N(Cc2ccccc2)C(=S)N1Cc1ccco1. The highest BCUT2D eigenvalue weighted by atomic mass is 32.1. The monoisotopic (exact) mass is 384 g/mol. The molecule has 2 bridgehead atoms. The fraction of sp³-hybridized carbons (Fsp3) is 0.400. The Bertz CT molecular complexity index is 856. The van der Waals surface area contributed by atoms with E-state index in [4.69, 9.17) is 21.4 Å². The maximum absolute atomic E-state index is 12.4. The molecule has 1 aromatic carbocycles. The molecule has 6 rings (SSSR count). The lowest BCUT2D eigenvalue weighted by Crippen LogP contribution is -2.66. The molecule has 3 saturated heterocycles. The molecule has 3 aliphatic heterocycles. The molecule has 6 nitrogen and oxygen atoms in total. The number of esters is 1. The van der Waals surface area contributed by atoms with Gasteiger partial charge in [0.15, 0.2) is 5.11 Å². The molecule has 1 aromatic heterocycles. The van der Waals surface area contributed by atoms with Crippen LogP contribution < -0.4 is 0 Å². The first-order chi connectivity index (χ1) is 13.1. The highest BCUT2D eigenvalue weighted by molar-refractivity contribution is 7.80. The summed E-state index contributed by atoms with van der Waals surface area (Å²) in [6, 6.07) is 13.6. The highest BCUT2D eigenvalue weighted by Crippen LogP contribution is 2.45. The number of rotatable bonds is 4. The fourth-order valence-electron chi connectivity index (χ4n) is 4.68. The van der Waals surface area contributed by atoms with Crippen LogP contribution in [0.4, 0.5) is 0 Å². The standard InChI is InChI=1S/C20H20N2O4S/c23-15-9-14-16-17(18(15)26-19(14)24)21(10-12-5-2-1-3-6-12)20(27)22(16)11-13-7-4-8-25-13/h1-8,14-18,23H,9-11H2. The number of nitrogens with zero attached hydrogens (tertiary/aromatic N) is 2. The third-order valence-electron chi connectivity index (χ3n) is 5.84. The third-order valence-corrected chi connectivity index (χ3v) is 6.31. The molecule has 0 spiro atoms. The van der Waals surface area contributed by atoms with Crippen molar-refractivity contribution in [3.63, 3.8) is 0 Å². The van der Waals surface area contributed by atoms with E-state index in [2.05, 4.69) is 21.9 Å². The molecular weight excluding hydrogens is 364 g/mol. The molecule has 0 radical (unpaired) electrons. The number of hydrogen-bond acceptors (Lipinski definition) is 5. The van der Waals surface area contributed by atoms with Gasteiger partial charge >= 0.3 is 5.97 Å². The van der Waals surface area contributed by atoms with Crippen molar-refractivity contribution in [3.8, 4) is 0 Å². The van der Waals surface area contributed by atoms with E-state index in [9.17, 15) is 9.90 Å². The average Bonchev–Trinajstić information content (AvgIpc) is 3.27. The summed E-state index contributed by atoms with van der Waals surface area (Å²) in [5, 5.41) is 11.2. The summed E-state index contributed by atoms with van der Waals surface area (Å²) in [7, 11) is 0. The summed E-state index contributed by atoms with van der Waals surface area (Å²) in [5.41, 5.74) is 1.13. The van der Waals surface area contributed by atoms with Gasteiger partial charge in [0, 0.05) is 6.54 Å². The molecule has 1 N–H and O–H groups in total. The van der Waals surface area contributed by atoms with Crippen LogP contribution >= 0.6 is 12.2 Å². The quantitative estimate of drug-likeness (QED) is 0.638.